The molecule has 1 unspecified atom stereocenters. The molecule has 0 amide bonds. The van der Waals surface area contributed by atoms with E-state index in [1.807, 2.05) is 0 Å². The van der Waals surface area contributed by atoms with E-state index in [0.717, 1.165) is 39.1 Å². The number of benzene rings is 1. The van der Waals surface area contributed by atoms with Crippen LogP contribution in [-0.2, 0) is 4.79 Å². The van der Waals surface area contributed by atoms with E-state index in [9.17, 15) is 9.18 Å². The summed E-state index contributed by atoms with van der Waals surface area (Å²) in [6, 6.07) is 6.78. The molecule has 1 aromatic rings. The highest BCUT2D eigenvalue weighted by molar-refractivity contribution is 14.1. The molecule has 0 aromatic heterocycles. The van der Waals surface area contributed by atoms with Crippen LogP contribution in [0.1, 0.15) is 30.7 Å². The third-order valence-corrected chi connectivity index (χ3v) is 8.02. The Bertz CT molecular complexity index is 903. The first-order valence-corrected chi connectivity index (χ1v) is 11.9. The van der Waals surface area contributed by atoms with Crippen LogP contribution >= 0.6 is 22.9 Å². The number of anilines is 2. The molecule has 2 N–H and O–H groups in total. The van der Waals surface area contributed by atoms with Crippen LogP contribution in [0.2, 0.25) is 0 Å². The van der Waals surface area contributed by atoms with Gasteiger partial charge in [-0.15, -0.1) is 0 Å². The number of halogens is 2. The van der Waals surface area contributed by atoms with Gasteiger partial charge in [0.15, 0.2) is 5.78 Å². The molecule has 3 aliphatic heterocycles. The lowest BCUT2D eigenvalue weighted by molar-refractivity contribution is -0.116. The minimum absolute atomic E-state index is 0.0666. The van der Waals surface area contributed by atoms with E-state index in [0.29, 0.717) is 24.0 Å². The Labute approximate surface area is 191 Å². The third kappa shape index (κ3) is 3.58. The van der Waals surface area contributed by atoms with Crippen molar-refractivity contribution in [1.82, 2.24) is 4.90 Å². The molecule has 0 saturated carbocycles. The zero-order valence-electron chi connectivity index (χ0n) is 17.0. The number of allylic oxidation sites excluding steroid dienone is 3. The van der Waals surface area contributed by atoms with Crippen molar-refractivity contribution in [1.29, 1.82) is 0 Å². The molecule has 1 saturated heterocycles. The number of nitrogens with zero attached hydrogens (tertiary/aromatic N) is 3. The number of hydrogen-bond donors (Lipinski definition) is 1. The van der Waals surface area contributed by atoms with Crippen molar-refractivity contribution >= 4 is 40.0 Å². The van der Waals surface area contributed by atoms with Crippen LogP contribution < -0.4 is 13.7 Å². The fourth-order valence-corrected chi connectivity index (χ4v) is 6.05. The number of carbonyl (C=O) groups excluding carboxylic acids is 1. The Kier molecular flexibility index (Phi) is 5.62. The Balaban J connectivity index is 1.23. The Morgan fingerprint density at radius 3 is 2.97 bits per heavy atom. The highest BCUT2D eigenvalue weighted by Gasteiger charge is 2.44. The van der Waals surface area contributed by atoms with Gasteiger partial charge < -0.3 is 18.6 Å². The number of fused-ring (bicyclic) bond motifs is 3. The van der Waals surface area contributed by atoms with Crippen LogP contribution in [0.5, 0.6) is 0 Å². The van der Waals surface area contributed by atoms with Crippen LogP contribution in [0.25, 0.3) is 0 Å². The van der Waals surface area contributed by atoms with E-state index in [1.165, 1.54) is 23.0 Å². The monoisotopic (exact) mass is 522 g/mol. The first-order chi connectivity index (χ1) is 14.5. The first kappa shape index (κ1) is 20.5. The molecule has 1 aliphatic carbocycles. The van der Waals surface area contributed by atoms with Gasteiger partial charge in [0, 0.05) is 56.7 Å². The molecule has 0 bridgehead atoms. The van der Waals surface area contributed by atoms with Crippen LogP contribution in [0, 0.1) is 0 Å². The second kappa shape index (κ2) is 8.24. The quantitative estimate of drug-likeness (QED) is 0.475. The molecule has 0 spiro atoms. The van der Waals surface area contributed by atoms with Gasteiger partial charge in [-0.3, -0.25) is 4.79 Å². The van der Waals surface area contributed by atoms with Crippen molar-refractivity contribution < 1.29 is 9.18 Å². The van der Waals surface area contributed by atoms with Gasteiger partial charge in [0.2, 0.25) is 0 Å². The SMILES string of the molecule is NC(CCN1CC[C@H]2[C@@H](C1)c1cccc3c1N2CCN3I)C(=O)C1=CC[C@H](F)C=C1. The summed E-state index contributed by atoms with van der Waals surface area (Å²) in [5.74, 6) is 0.456. The molecule has 7 heteroatoms. The highest BCUT2D eigenvalue weighted by atomic mass is 127. The second-order valence-electron chi connectivity index (χ2n) is 8.79. The molecule has 3 heterocycles. The van der Waals surface area contributed by atoms with Crippen LogP contribution in [0.15, 0.2) is 42.0 Å². The topological polar surface area (TPSA) is 52.8 Å². The van der Waals surface area contributed by atoms with Crippen molar-refractivity contribution in [3.63, 3.8) is 0 Å². The first-order valence-electron chi connectivity index (χ1n) is 10.9. The normalized spacial score (nSPS) is 28.8. The summed E-state index contributed by atoms with van der Waals surface area (Å²) < 4.78 is 15.6. The van der Waals surface area contributed by atoms with Gasteiger partial charge in [-0.25, -0.2) is 4.39 Å². The van der Waals surface area contributed by atoms with Crippen molar-refractivity contribution in [2.75, 3.05) is 40.7 Å². The Morgan fingerprint density at radius 1 is 1.30 bits per heavy atom. The molecule has 160 valence electrons. The Morgan fingerprint density at radius 2 is 2.17 bits per heavy atom. The summed E-state index contributed by atoms with van der Waals surface area (Å²) >= 11 is 2.43. The summed E-state index contributed by atoms with van der Waals surface area (Å²) in [4.78, 5) is 17.7. The predicted octanol–water partition coefficient (Wildman–Crippen LogP) is 3.35. The summed E-state index contributed by atoms with van der Waals surface area (Å²) in [6.45, 7) is 5.05. The maximum absolute atomic E-state index is 13.2. The maximum Gasteiger partial charge on any atom is 0.179 e. The summed E-state index contributed by atoms with van der Waals surface area (Å²) in [6.07, 6.45) is 5.79. The van der Waals surface area contributed by atoms with Gasteiger partial charge in [0.05, 0.1) is 40.3 Å². The number of piperidine rings is 1. The van der Waals surface area contributed by atoms with E-state index < -0.39 is 12.2 Å². The molecule has 1 fully saturated rings. The van der Waals surface area contributed by atoms with E-state index in [-0.39, 0.29) is 12.2 Å². The minimum Gasteiger partial charge on any atom is -0.364 e. The number of carbonyl (C=O) groups is 1. The third-order valence-electron chi connectivity index (χ3n) is 7.02. The molecule has 4 aliphatic rings. The van der Waals surface area contributed by atoms with Crippen LogP contribution in [-0.4, -0.2) is 61.7 Å². The number of likely N-dealkylation sites (tertiary alicyclic amines) is 1. The van der Waals surface area contributed by atoms with E-state index in [1.54, 1.807) is 12.2 Å². The molecular weight excluding hydrogens is 494 g/mol. The van der Waals surface area contributed by atoms with Gasteiger partial charge in [-0.1, -0.05) is 24.3 Å². The molecule has 1 aromatic carbocycles. The van der Waals surface area contributed by atoms with Gasteiger partial charge in [-0.2, -0.15) is 0 Å². The molecular formula is C23H28FIN4O. The van der Waals surface area contributed by atoms with Crippen LogP contribution in [0.3, 0.4) is 0 Å². The molecule has 5 rings (SSSR count). The highest BCUT2D eigenvalue weighted by Crippen LogP contribution is 2.51. The molecule has 0 radical (unpaired) electrons. The molecule has 5 nitrogen and oxygen atoms in total. The average molecular weight is 522 g/mol. The van der Waals surface area contributed by atoms with E-state index in [4.69, 9.17) is 5.73 Å². The van der Waals surface area contributed by atoms with Gasteiger partial charge in [-0.05, 0) is 30.5 Å². The predicted molar refractivity (Wildman–Crippen MR) is 127 cm³/mol. The second-order valence-corrected chi connectivity index (χ2v) is 9.95. The standard InChI is InChI=1S/C23H28FIN4O/c24-16-6-4-15(5-7-16)23(30)19(26)8-10-27-11-9-20-18(14-27)17-2-1-3-21-22(17)28(20)12-13-29(21)25/h1-6,16,18-20H,7-14,26H2/t16-,18+,19?,20+/m1/s1. The average Bonchev–Trinajstić information content (AvgIpc) is 3.09. The van der Waals surface area contributed by atoms with Crippen molar-refractivity contribution in [2.45, 2.75) is 43.4 Å². The number of Topliss-reactive ketones (excluding diaryl/α,β-unsaturated/α-hetero) is 1. The Hall–Kier alpha value is -1.45. The van der Waals surface area contributed by atoms with Crippen molar-refractivity contribution in [2.24, 2.45) is 5.73 Å². The van der Waals surface area contributed by atoms with Crippen LogP contribution in [0.4, 0.5) is 15.8 Å². The maximum atomic E-state index is 13.2. The zero-order valence-corrected chi connectivity index (χ0v) is 19.2. The molecule has 30 heavy (non-hydrogen) atoms. The summed E-state index contributed by atoms with van der Waals surface area (Å²) in [5, 5.41) is 0. The minimum atomic E-state index is -0.983. The fourth-order valence-electron chi connectivity index (χ4n) is 5.45. The smallest absolute Gasteiger partial charge is 0.179 e. The lowest BCUT2D eigenvalue weighted by Gasteiger charge is -2.41. The van der Waals surface area contributed by atoms with Crippen molar-refractivity contribution in [3.05, 3.63) is 47.6 Å². The van der Waals surface area contributed by atoms with Gasteiger partial charge >= 0.3 is 0 Å². The lowest BCUT2D eigenvalue weighted by Crippen LogP contribution is -2.49. The fraction of sp³-hybridized carbons (Fsp3) is 0.522. The number of para-hydroxylation sites is 1. The largest absolute Gasteiger partial charge is 0.364 e. The number of rotatable bonds is 5. The summed E-state index contributed by atoms with van der Waals surface area (Å²) in [5.41, 5.74) is 11.0. The van der Waals surface area contributed by atoms with E-state index >= 15 is 0 Å². The zero-order chi connectivity index (χ0) is 20.8. The number of nitrogens with two attached hydrogens (primary N) is 1. The molecule has 4 atom stereocenters. The van der Waals surface area contributed by atoms with Gasteiger partial charge in [0.1, 0.15) is 6.17 Å². The van der Waals surface area contributed by atoms with Crippen molar-refractivity contribution in [3.8, 4) is 0 Å². The van der Waals surface area contributed by atoms with Gasteiger partial charge in [0.25, 0.3) is 0 Å². The number of alkyl halides is 1. The number of hydrogen-bond acceptors (Lipinski definition) is 5. The summed E-state index contributed by atoms with van der Waals surface area (Å²) in [7, 11) is 0. The lowest BCUT2D eigenvalue weighted by atomic mass is 9.88. The van der Waals surface area contributed by atoms with E-state index in [2.05, 4.69) is 54.0 Å². The number of ketones is 1.